The van der Waals surface area contributed by atoms with Gasteiger partial charge in [0.2, 0.25) is 5.88 Å². The average Bonchev–Trinajstić information content (AvgIpc) is 3.37. The van der Waals surface area contributed by atoms with Gasteiger partial charge in [0, 0.05) is 35.4 Å². The summed E-state index contributed by atoms with van der Waals surface area (Å²) in [6.07, 6.45) is 3.52. The van der Waals surface area contributed by atoms with Crippen molar-refractivity contribution < 1.29 is 24.1 Å². The Bertz CT molecular complexity index is 1320. The summed E-state index contributed by atoms with van der Waals surface area (Å²) in [4.78, 5) is 19.5. The second-order valence-corrected chi connectivity index (χ2v) is 9.42. The second kappa shape index (κ2) is 11.9. The highest BCUT2D eigenvalue weighted by Gasteiger charge is 2.20. The number of esters is 1. The van der Waals surface area contributed by atoms with Gasteiger partial charge in [0.05, 0.1) is 6.61 Å². The number of rotatable bonds is 12. The Morgan fingerprint density at radius 2 is 1.92 bits per heavy atom. The Morgan fingerprint density at radius 3 is 2.70 bits per heavy atom. The zero-order valence-electron chi connectivity index (χ0n) is 21.4. The predicted octanol–water partition coefficient (Wildman–Crippen LogP) is 4.88. The molecule has 0 fully saturated rings. The van der Waals surface area contributed by atoms with E-state index in [4.69, 9.17) is 14.2 Å². The van der Waals surface area contributed by atoms with Gasteiger partial charge >= 0.3 is 5.97 Å². The lowest BCUT2D eigenvalue weighted by Crippen LogP contribution is -2.46. The van der Waals surface area contributed by atoms with E-state index in [1.54, 1.807) is 25.3 Å². The Balaban J connectivity index is 1.28. The molecule has 194 valence electrons. The van der Waals surface area contributed by atoms with E-state index in [9.17, 15) is 9.90 Å². The van der Waals surface area contributed by atoms with Crippen LogP contribution in [0.1, 0.15) is 36.7 Å². The molecule has 8 nitrogen and oxygen atoms in total. The van der Waals surface area contributed by atoms with Crippen molar-refractivity contribution in [2.75, 3.05) is 19.8 Å². The van der Waals surface area contributed by atoms with Crippen LogP contribution in [0, 0.1) is 0 Å². The van der Waals surface area contributed by atoms with Crippen LogP contribution >= 0.6 is 0 Å². The molecule has 37 heavy (non-hydrogen) atoms. The van der Waals surface area contributed by atoms with Crippen molar-refractivity contribution in [1.82, 2.24) is 15.3 Å². The van der Waals surface area contributed by atoms with Crippen LogP contribution in [0.25, 0.3) is 10.9 Å². The van der Waals surface area contributed by atoms with E-state index in [1.807, 2.05) is 54.7 Å². The SMILES string of the molecule is CCOC(=O)c1cccnc1Oc1ccc(CC(C)(C)NCC(O)COc2cccc3[nH]ccc23)cc1. The number of nitrogens with zero attached hydrogens (tertiary/aromatic N) is 1. The first-order chi connectivity index (χ1) is 17.8. The van der Waals surface area contributed by atoms with Crippen molar-refractivity contribution in [3.05, 3.63) is 84.2 Å². The number of aliphatic hydroxyl groups excluding tert-OH is 1. The zero-order chi connectivity index (χ0) is 26.3. The number of pyridine rings is 1. The number of benzene rings is 2. The molecule has 2 aromatic carbocycles. The first-order valence-corrected chi connectivity index (χ1v) is 12.4. The maximum absolute atomic E-state index is 12.2. The Hall–Kier alpha value is -3.88. The average molecular weight is 504 g/mol. The predicted molar refractivity (Wildman–Crippen MR) is 142 cm³/mol. The lowest BCUT2D eigenvalue weighted by atomic mass is 9.94. The number of hydrogen-bond donors (Lipinski definition) is 3. The molecule has 0 aliphatic carbocycles. The number of nitrogens with one attached hydrogen (secondary N) is 2. The molecule has 1 unspecified atom stereocenters. The number of fused-ring (bicyclic) bond motifs is 1. The van der Waals surface area contributed by atoms with Crippen molar-refractivity contribution in [2.45, 2.75) is 38.8 Å². The van der Waals surface area contributed by atoms with E-state index in [1.165, 1.54) is 0 Å². The van der Waals surface area contributed by atoms with Gasteiger partial charge in [-0.1, -0.05) is 18.2 Å². The third kappa shape index (κ3) is 7.09. The number of aromatic nitrogens is 2. The molecule has 2 aromatic heterocycles. The van der Waals surface area contributed by atoms with Gasteiger partial charge in [-0.05, 0) is 75.2 Å². The number of β-amino-alcohol motifs (C(OH)–C–C–N with tert-alkyl or cyclic N) is 1. The van der Waals surface area contributed by atoms with Gasteiger partial charge in [0.25, 0.3) is 0 Å². The lowest BCUT2D eigenvalue weighted by molar-refractivity contribution is 0.0522. The van der Waals surface area contributed by atoms with Crippen LogP contribution < -0.4 is 14.8 Å². The van der Waals surface area contributed by atoms with Crippen molar-refractivity contribution >= 4 is 16.9 Å². The molecule has 0 aliphatic rings. The minimum absolute atomic E-state index is 0.195. The molecular weight excluding hydrogens is 470 g/mol. The Kier molecular flexibility index (Phi) is 8.43. The minimum Gasteiger partial charge on any atom is -0.490 e. The number of aromatic amines is 1. The largest absolute Gasteiger partial charge is 0.490 e. The summed E-state index contributed by atoms with van der Waals surface area (Å²) < 4.78 is 16.8. The fraction of sp³-hybridized carbons (Fsp3) is 0.310. The summed E-state index contributed by atoms with van der Waals surface area (Å²) in [5.74, 6) is 1.06. The summed E-state index contributed by atoms with van der Waals surface area (Å²) >= 11 is 0. The van der Waals surface area contributed by atoms with Gasteiger partial charge in [-0.3, -0.25) is 0 Å². The van der Waals surface area contributed by atoms with E-state index < -0.39 is 12.1 Å². The molecule has 4 rings (SSSR count). The molecule has 1 atom stereocenters. The van der Waals surface area contributed by atoms with E-state index in [0.717, 1.165) is 28.6 Å². The quantitative estimate of drug-likeness (QED) is 0.237. The number of ether oxygens (including phenoxy) is 3. The fourth-order valence-electron chi connectivity index (χ4n) is 4.02. The standard InChI is InChI=1S/C29H33N3O5/c1-4-35-28(34)24-7-6-15-31-27(24)37-22-12-10-20(11-13-22)17-29(2,3)32-18-21(33)19-36-26-9-5-8-25-23(26)14-16-30-25/h5-16,21,30,32-33H,4,17-19H2,1-3H3. The molecule has 0 bridgehead atoms. The fourth-order valence-corrected chi connectivity index (χ4v) is 4.02. The Morgan fingerprint density at radius 1 is 1.11 bits per heavy atom. The van der Waals surface area contributed by atoms with Gasteiger partial charge in [-0.15, -0.1) is 0 Å². The monoisotopic (exact) mass is 503 g/mol. The number of aliphatic hydroxyl groups is 1. The van der Waals surface area contributed by atoms with Crippen LogP contribution in [0.15, 0.2) is 73.1 Å². The summed E-state index contributed by atoms with van der Waals surface area (Å²) in [5.41, 5.74) is 2.12. The molecule has 0 saturated heterocycles. The van der Waals surface area contributed by atoms with E-state index in [-0.39, 0.29) is 30.2 Å². The van der Waals surface area contributed by atoms with Crippen LogP contribution in [0.2, 0.25) is 0 Å². The molecule has 0 aliphatic heterocycles. The number of carbonyl (C=O) groups is 1. The summed E-state index contributed by atoms with van der Waals surface area (Å²) in [7, 11) is 0. The topological polar surface area (TPSA) is 106 Å². The number of H-pyrrole nitrogens is 1. The Labute approximate surface area is 216 Å². The van der Waals surface area contributed by atoms with Crippen molar-refractivity contribution in [2.24, 2.45) is 0 Å². The minimum atomic E-state index is -0.656. The van der Waals surface area contributed by atoms with Crippen molar-refractivity contribution in [3.8, 4) is 17.4 Å². The molecule has 8 heteroatoms. The van der Waals surface area contributed by atoms with E-state index in [0.29, 0.717) is 12.3 Å². The molecule has 2 heterocycles. The second-order valence-electron chi connectivity index (χ2n) is 9.42. The zero-order valence-corrected chi connectivity index (χ0v) is 21.4. The highest BCUT2D eigenvalue weighted by molar-refractivity contribution is 5.91. The van der Waals surface area contributed by atoms with Crippen LogP contribution in [0.3, 0.4) is 0 Å². The van der Waals surface area contributed by atoms with Crippen LogP contribution in [-0.2, 0) is 11.2 Å². The third-order valence-corrected chi connectivity index (χ3v) is 5.85. The molecule has 0 saturated carbocycles. The van der Waals surface area contributed by atoms with E-state index >= 15 is 0 Å². The van der Waals surface area contributed by atoms with Gasteiger partial charge in [-0.2, -0.15) is 0 Å². The van der Waals surface area contributed by atoms with Crippen LogP contribution in [-0.4, -0.2) is 52.4 Å². The number of carbonyl (C=O) groups excluding carboxylic acids is 1. The molecule has 0 spiro atoms. The summed E-state index contributed by atoms with van der Waals surface area (Å²) in [6.45, 7) is 6.80. The van der Waals surface area contributed by atoms with E-state index in [2.05, 4.69) is 29.1 Å². The molecular formula is C29H33N3O5. The first kappa shape index (κ1) is 26.2. The van der Waals surface area contributed by atoms with Crippen molar-refractivity contribution in [1.29, 1.82) is 0 Å². The molecule has 3 N–H and O–H groups in total. The molecule has 0 radical (unpaired) electrons. The van der Waals surface area contributed by atoms with Gasteiger partial charge < -0.3 is 29.6 Å². The third-order valence-electron chi connectivity index (χ3n) is 5.85. The van der Waals surface area contributed by atoms with Crippen molar-refractivity contribution in [3.63, 3.8) is 0 Å². The smallest absolute Gasteiger partial charge is 0.343 e. The normalized spacial score (nSPS) is 12.3. The summed E-state index contributed by atoms with van der Waals surface area (Å²) in [5, 5.41) is 14.9. The highest BCUT2D eigenvalue weighted by Crippen LogP contribution is 2.26. The molecule has 0 amide bonds. The first-order valence-electron chi connectivity index (χ1n) is 12.4. The maximum atomic E-state index is 12.2. The van der Waals surface area contributed by atoms with Crippen LogP contribution in [0.4, 0.5) is 0 Å². The highest BCUT2D eigenvalue weighted by atomic mass is 16.5. The lowest BCUT2D eigenvalue weighted by Gasteiger charge is -2.28. The summed E-state index contributed by atoms with van der Waals surface area (Å²) in [6, 6.07) is 18.7. The molecule has 4 aromatic rings. The number of hydrogen-bond acceptors (Lipinski definition) is 7. The maximum Gasteiger partial charge on any atom is 0.343 e. The van der Waals surface area contributed by atoms with Gasteiger partial charge in [0.15, 0.2) is 0 Å². The van der Waals surface area contributed by atoms with Crippen LogP contribution in [0.5, 0.6) is 17.4 Å². The van der Waals surface area contributed by atoms with Gasteiger partial charge in [-0.25, -0.2) is 9.78 Å². The van der Waals surface area contributed by atoms with Gasteiger partial charge in [0.1, 0.15) is 29.8 Å².